The molecule has 1 heterocycles. The second-order valence-corrected chi connectivity index (χ2v) is 5.25. The summed E-state index contributed by atoms with van der Waals surface area (Å²) in [6.45, 7) is 11.3. The molecule has 1 aliphatic rings. The van der Waals surface area contributed by atoms with E-state index in [-0.39, 0.29) is 0 Å². The van der Waals surface area contributed by atoms with Gasteiger partial charge in [0.05, 0.1) is 0 Å². The summed E-state index contributed by atoms with van der Waals surface area (Å²) in [6.07, 6.45) is 1.22. The number of piperazine rings is 1. The van der Waals surface area contributed by atoms with E-state index in [1.165, 1.54) is 42.9 Å². The highest BCUT2D eigenvalue weighted by Crippen LogP contribution is 2.13. The van der Waals surface area contributed by atoms with Crippen LogP contribution in [0.25, 0.3) is 0 Å². The second kappa shape index (κ2) is 6.76. The lowest BCUT2D eigenvalue weighted by molar-refractivity contribution is 0.240. The molecule has 0 radical (unpaired) electrons. The van der Waals surface area contributed by atoms with Crippen LogP contribution in [0.1, 0.15) is 17.5 Å². The molecule has 2 N–H and O–H groups in total. The van der Waals surface area contributed by atoms with Crippen molar-refractivity contribution in [1.82, 2.24) is 10.2 Å². The molecule has 0 unspecified atom stereocenters. The summed E-state index contributed by atoms with van der Waals surface area (Å²) >= 11 is 0. The number of nitrogens with zero attached hydrogens (tertiary/aromatic N) is 1. The number of hydrogen-bond donors (Lipinski definition) is 2. The molecule has 0 bridgehead atoms. The molecule has 0 saturated carbocycles. The normalized spacial score (nSPS) is 16.8. The summed E-state index contributed by atoms with van der Waals surface area (Å²) in [5.41, 5.74) is 3.92. The Morgan fingerprint density at radius 1 is 1.11 bits per heavy atom. The van der Waals surface area contributed by atoms with Crippen LogP contribution in [0.4, 0.5) is 5.69 Å². The first-order valence-corrected chi connectivity index (χ1v) is 6.99. The molecule has 18 heavy (non-hydrogen) atoms. The Balaban J connectivity index is 1.68. The molecule has 1 aromatic carbocycles. The highest BCUT2D eigenvalue weighted by molar-refractivity contribution is 5.48. The average molecular weight is 247 g/mol. The van der Waals surface area contributed by atoms with E-state index in [1.807, 2.05) is 0 Å². The summed E-state index contributed by atoms with van der Waals surface area (Å²) < 4.78 is 0. The lowest BCUT2D eigenvalue weighted by Gasteiger charge is -2.27. The van der Waals surface area contributed by atoms with Gasteiger partial charge in [-0.3, -0.25) is 0 Å². The van der Waals surface area contributed by atoms with Gasteiger partial charge in [-0.25, -0.2) is 0 Å². The van der Waals surface area contributed by atoms with Gasteiger partial charge >= 0.3 is 0 Å². The Labute approximate surface area is 111 Å². The standard InChI is InChI=1S/C15H25N3/c1-13-10-14(2)12-15(11-13)17-4-3-7-18-8-5-16-6-9-18/h10-12,16-17H,3-9H2,1-2H3. The minimum Gasteiger partial charge on any atom is -0.385 e. The number of rotatable bonds is 5. The van der Waals surface area contributed by atoms with Crippen LogP contribution in [0.5, 0.6) is 0 Å². The first-order valence-electron chi connectivity index (χ1n) is 6.99. The zero-order chi connectivity index (χ0) is 12.8. The molecule has 3 nitrogen and oxygen atoms in total. The van der Waals surface area contributed by atoms with E-state index in [9.17, 15) is 0 Å². The summed E-state index contributed by atoms with van der Waals surface area (Å²) in [7, 11) is 0. The molecular formula is C15H25N3. The molecule has 100 valence electrons. The molecule has 3 heteroatoms. The fraction of sp³-hybridized carbons (Fsp3) is 0.600. The number of nitrogens with one attached hydrogen (secondary N) is 2. The lowest BCUT2D eigenvalue weighted by Crippen LogP contribution is -2.44. The monoisotopic (exact) mass is 247 g/mol. The van der Waals surface area contributed by atoms with E-state index < -0.39 is 0 Å². The zero-order valence-corrected chi connectivity index (χ0v) is 11.6. The van der Waals surface area contributed by atoms with Crippen molar-refractivity contribution in [3.8, 4) is 0 Å². The van der Waals surface area contributed by atoms with Crippen molar-refractivity contribution < 1.29 is 0 Å². The molecule has 0 amide bonds. The molecule has 1 fully saturated rings. The summed E-state index contributed by atoms with van der Waals surface area (Å²) in [5.74, 6) is 0. The number of anilines is 1. The van der Waals surface area contributed by atoms with Gasteiger partial charge in [-0.1, -0.05) is 6.07 Å². The third kappa shape index (κ3) is 4.31. The maximum absolute atomic E-state index is 3.52. The van der Waals surface area contributed by atoms with Gasteiger partial charge in [0.2, 0.25) is 0 Å². The highest BCUT2D eigenvalue weighted by Gasteiger charge is 2.07. The first-order chi connectivity index (χ1) is 8.74. The average Bonchev–Trinajstić information content (AvgIpc) is 2.35. The van der Waals surface area contributed by atoms with E-state index in [0.29, 0.717) is 0 Å². The van der Waals surface area contributed by atoms with E-state index in [1.54, 1.807) is 0 Å². The molecule has 0 spiro atoms. The van der Waals surface area contributed by atoms with E-state index in [2.05, 4.69) is 47.6 Å². The highest BCUT2D eigenvalue weighted by atomic mass is 15.2. The van der Waals surface area contributed by atoms with Gasteiger partial charge in [-0.2, -0.15) is 0 Å². The Bertz CT molecular complexity index is 350. The largest absolute Gasteiger partial charge is 0.385 e. The predicted octanol–water partition coefficient (Wildman–Crippen LogP) is 2.01. The SMILES string of the molecule is Cc1cc(C)cc(NCCCN2CCNCC2)c1. The maximum atomic E-state index is 3.52. The molecule has 0 atom stereocenters. The Hall–Kier alpha value is -1.06. The predicted molar refractivity (Wildman–Crippen MR) is 78.3 cm³/mol. The molecule has 2 rings (SSSR count). The fourth-order valence-corrected chi connectivity index (χ4v) is 2.55. The molecule has 1 saturated heterocycles. The molecule has 1 aromatic rings. The van der Waals surface area contributed by atoms with E-state index in [0.717, 1.165) is 19.6 Å². The second-order valence-electron chi connectivity index (χ2n) is 5.25. The third-order valence-corrected chi connectivity index (χ3v) is 3.41. The zero-order valence-electron chi connectivity index (χ0n) is 11.6. The minimum atomic E-state index is 1.06. The third-order valence-electron chi connectivity index (χ3n) is 3.41. The number of aryl methyl sites for hydroxylation is 2. The van der Waals surface area contributed by atoms with Crippen LogP contribution < -0.4 is 10.6 Å². The van der Waals surface area contributed by atoms with Gasteiger partial charge < -0.3 is 15.5 Å². The molecule has 1 aliphatic heterocycles. The smallest absolute Gasteiger partial charge is 0.0345 e. The van der Waals surface area contributed by atoms with Crippen molar-refractivity contribution in [2.24, 2.45) is 0 Å². The Morgan fingerprint density at radius 3 is 2.44 bits per heavy atom. The van der Waals surface area contributed by atoms with Crippen LogP contribution in [0, 0.1) is 13.8 Å². The number of benzene rings is 1. The summed E-state index contributed by atoms with van der Waals surface area (Å²) in [6, 6.07) is 6.65. The molecular weight excluding hydrogens is 222 g/mol. The van der Waals surface area contributed by atoms with E-state index >= 15 is 0 Å². The van der Waals surface area contributed by atoms with Crippen molar-refractivity contribution in [3.63, 3.8) is 0 Å². The molecule has 0 aromatic heterocycles. The van der Waals surface area contributed by atoms with Crippen molar-refractivity contribution in [2.45, 2.75) is 20.3 Å². The van der Waals surface area contributed by atoms with Crippen LogP contribution in [-0.2, 0) is 0 Å². The van der Waals surface area contributed by atoms with Gasteiger partial charge in [-0.15, -0.1) is 0 Å². The van der Waals surface area contributed by atoms with Crippen molar-refractivity contribution >= 4 is 5.69 Å². The lowest BCUT2D eigenvalue weighted by atomic mass is 10.1. The maximum Gasteiger partial charge on any atom is 0.0345 e. The quantitative estimate of drug-likeness (QED) is 0.779. The van der Waals surface area contributed by atoms with Crippen LogP contribution in [0.3, 0.4) is 0 Å². The van der Waals surface area contributed by atoms with Crippen LogP contribution in [-0.4, -0.2) is 44.2 Å². The Morgan fingerprint density at radius 2 is 1.78 bits per heavy atom. The van der Waals surface area contributed by atoms with E-state index in [4.69, 9.17) is 0 Å². The molecule has 0 aliphatic carbocycles. The van der Waals surface area contributed by atoms with Gasteiger partial charge in [0.15, 0.2) is 0 Å². The van der Waals surface area contributed by atoms with Crippen molar-refractivity contribution in [1.29, 1.82) is 0 Å². The van der Waals surface area contributed by atoms with Gasteiger partial charge in [0, 0.05) is 38.4 Å². The van der Waals surface area contributed by atoms with Gasteiger partial charge in [-0.05, 0) is 50.1 Å². The van der Waals surface area contributed by atoms with Gasteiger partial charge in [0.1, 0.15) is 0 Å². The summed E-state index contributed by atoms with van der Waals surface area (Å²) in [4.78, 5) is 2.54. The van der Waals surface area contributed by atoms with Crippen molar-refractivity contribution in [3.05, 3.63) is 29.3 Å². The van der Waals surface area contributed by atoms with Crippen molar-refractivity contribution in [2.75, 3.05) is 44.6 Å². The number of hydrogen-bond acceptors (Lipinski definition) is 3. The van der Waals surface area contributed by atoms with Crippen LogP contribution in [0.2, 0.25) is 0 Å². The topological polar surface area (TPSA) is 27.3 Å². The first kappa shape index (κ1) is 13.4. The summed E-state index contributed by atoms with van der Waals surface area (Å²) in [5, 5.41) is 6.91. The van der Waals surface area contributed by atoms with Gasteiger partial charge in [0.25, 0.3) is 0 Å². The Kier molecular flexibility index (Phi) is 5.02. The van der Waals surface area contributed by atoms with Crippen LogP contribution in [0.15, 0.2) is 18.2 Å². The minimum absolute atomic E-state index is 1.06. The fourth-order valence-electron chi connectivity index (χ4n) is 2.55. The van der Waals surface area contributed by atoms with Crippen LogP contribution >= 0.6 is 0 Å².